The number of methoxy groups -OCH3 is 1. The Labute approximate surface area is 95.1 Å². The maximum Gasteiger partial charge on any atom is 0.574 e. The average molecular weight is 256 g/mol. The molecule has 0 radical (unpaired) electrons. The molecule has 1 heterocycles. The Morgan fingerprint density at radius 2 is 2.06 bits per heavy atom. The lowest BCUT2D eigenvalue weighted by atomic mass is 10.1. The second-order valence-electron chi connectivity index (χ2n) is 2.92. The third kappa shape index (κ3) is 2.91. The molecule has 0 atom stereocenters. The molecule has 0 fully saturated rings. The highest BCUT2D eigenvalue weighted by molar-refractivity contribution is 6.17. The van der Waals surface area contributed by atoms with E-state index in [1.165, 1.54) is 7.11 Å². The lowest BCUT2D eigenvalue weighted by Gasteiger charge is -2.14. The summed E-state index contributed by atoms with van der Waals surface area (Å²) in [6, 6.07) is 0. The number of pyridine rings is 1. The molecule has 7 heteroatoms. The zero-order chi connectivity index (χ0) is 12.3. The smallest absolute Gasteiger partial charge is 0.495 e. The molecule has 3 nitrogen and oxygen atoms in total. The van der Waals surface area contributed by atoms with Crippen LogP contribution in [0.5, 0.6) is 11.6 Å². The molecular weight excluding hydrogens is 247 g/mol. The number of hydrogen-bond acceptors (Lipinski definition) is 3. The predicted molar refractivity (Wildman–Crippen MR) is 51.8 cm³/mol. The van der Waals surface area contributed by atoms with Crippen molar-refractivity contribution < 1.29 is 22.6 Å². The first kappa shape index (κ1) is 12.9. The molecule has 1 aromatic heterocycles. The molecule has 0 aliphatic carbocycles. The standard InChI is InChI=1S/C9H9ClF3NO2/c1-5-6(3-10)8(16-9(11,12)13)14-4-7(5)15-2/h4H,3H2,1-2H3. The van der Waals surface area contributed by atoms with Gasteiger partial charge >= 0.3 is 6.36 Å². The molecule has 0 aromatic carbocycles. The van der Waals surface area contributed by atoms with Gasteiger partial charge in [0.25, 0.3) is 0 Å². The van der Waals surface area contributed by atoms with Crippen molar-refractivity contribution in [2.24, 2.45) is 0 Å². The third-order valence-electron chi connectivity index (χ3n) is 1.95. The molecular formula is C9H9ClF3NO2. The zero-order valence-corrected chi connectivity index (χ0v) is 9.32. The topological polar surface area (TPSA) is 31.4 Å². The second kappa shape index (κ2) is 4.78. The van der Waals surface area contributed by atoms with E-state index in [0.717, 1.165) is 6.20 Å². The van der Waals surface area contributed by atoms with Crippen LogP contribution in [-0.4, -0.2) is 18.5 Å². The number of nitrogens with zero attached hydrogens (tertiary/aromatic N) is 1. The fourth-order valence-corrected chi connectivity index (χ4v) is 1.48. The van der Waals surface area contributed by atoms with Crippen LogP contribution in [0, 0.1) is 6.92 Å². The molecule has 16 heavy (non-hydrogen) atoms. The van der Waals surface area contributed by atoms with Crippen molar-refractivity contribution in [1.29, 1.82) is 0 Å². The Balaban J connectivity index is 3.16. The number of ether oxygens (including phenoxy) is 2. The van der Waals surface area contributed by atoms with Crippen LogP contribution in [0.4, 0.5) is 13.2 Å². The first-order chi connectivity index (χ1) is 7.39. The molecule has 90 valence electrons. The Hall–Kier alpha value is -1.17. The van der Waals surface area contributed by atoms with Gasteiger partial charge in [-0.3, -0.25) is 0 Å². The molecule has 0 saturated carbocycles. The zero-order valence-electron chi connectivity index (χ0n) is 8.56. The van der Waals surface area contributed by atoms with Gasteiger partial charge in [0.2, 0.25) is 5.88 Å². The van der Waals surface area contributed by atoms with Crippen molar-refractivity contribution in [3.63, 3.8) is 0 Å². The summed E-state index contributed by atoms with van der Waals surface area (Å²) in [7, 11) is 1.40. The molecule has 0 aliphatic heterocycles. The highest BCUT2D eigenvalue weighted by Gasteiger charge is 2.33. The highest BCUT2D eigenvalue weighted by Crippen LogP contribution is 2.31. The normalized spacial score (nSPS) is 11.4. The lowest BCUT2D eigenvalue weighted by molar-refractivity contribution is -0.276. The van der Waals surface area contributed by atoms with Crippen LogP contribution in [0.15, 0.2) is 6.20 Å². The largest absolute Gasteiger partial charge is 0.574 e. The molecule has 0 bridgehead atoms. The summed E-state index contributed by atoms with van der Waals surface area (Å²) in [5.41, 5.74) is 0.644. The Morgan fingerprint density at radius 3 is 2.50 bits per heavy atom. The Bertz CT molecular complexity index is 382. The summed E-state index contributed by atoms with van der Waals surface area (Å²) in [6.45, 7) is 1.58. The van der Waals surface area contributed by atoms with Crippen molar-refractivity contribution in [3.8, 4) is 11.6 Å². The van der Waals surface area contributed by atoms with Crippen molar-refractivity contribution in [3.05, 3.63) is 17.3 Å². The minimum atomic E-state index is -4.78. The molecule has 1 rings (SSSR count). The number of aromatic nitrogens is 1. The summed E-state index contributed by atoms with van der Waals surface area (Å²) in [5.74, 6) is -0.312. The number of rotatable bonds is 3. The maximum atomic E-state index is 12.0. The first-order valence-electron chi connectivity index (χ1n) is 4.23. The Morgan fingerprint density at radius 1 is 1.44 bits per heavy atom. The fraction of sp³-hybridized carbons (Fsp3) is 0.444. The van der Waals surface area contributed by atoms with E-state index in [1.807, 2.05) is 0 Å². The van der Waals surface area contributed by atoms with Crippen LogP contribution in [0.1, 0.15) is 11.1 Å². The maximum absolute atomic E-state index is 12.0. The van der Waals surface area contributed by atoms with Gasteiger partial charge in [0, 0.05) is 11.1 Å². The van der Waals surface area contributed by atoms with Gasteiger partial charge in [0.15, 0.2) is 0 Å². The lowest BCUT2D eigenvalue weighted by Crippen LogP contribution is -2.19. The van der Waals surface area contributed by atoms with Crippen LogP contribution in [0.2, 0.25) is 0 Å². The van der Waals surface area contributed by atoms with Crippen LogP contribution >= 0.6 is 11.6 Å². The average Bonchev–Trinajstić information content (AvgIpc) is 2.16. The van der Waals surface area contributed by atoms with E-state index in [0.29, 0.717) is 11.3 Å². The summed E-state index contributed by atoms with van der Waals surface area (Å²) in [4.78, 5) is 3.51. The van der Waals surface area contributed by atoms with Gasteiger partial charge < -0.3 is 9.47 Å². The van der Waals surface area contributed by atoms with Crippen molar-refractivity contribution in [1.82, 2.24) is 4.98 Å². The number of halogens is 4. The van der Waals surface area contributed by atoms with E-state index in [2.05, 4.69) is 9.72 Å². The molecule has 0 unspecified atom stereocenters. The van der Waals surface area contributed by atoms with Gasteiger partial charge in [-0.2, -0.15) is 0 Å². The summed E-state index contributed by atoms with van der Waals surface area (Å²) < 4.78 is 44.8. The van der Waals surface area contributed by atoms with Gasteiger partial charge in [-0.15, -0.1) is 24.8 Å². The summed E-state index contributed by atoms with van der Waals surface area (Å²) in [5, 5.41) is 0. The van der Waals surface area contributed by atoms with Gasteiger partial charge in [-0.25, -0.2) is 4.98 Å². The third-order valence-corrected chi connectivity index (χ3v) is 2.21. The van der Waals surface area contributed by atoms with Crippen molar-refractivity contribution >= 4 is 11.6 Å². The van der Waals surface area contributed by atoms with Crippen molar-refractivity contribution in [2.45, 2.75) is 19.2 Å². The van der Waals surface area contributed by atoms with Crippen LogP contribution in [-0.2, 0) is 5.88 Å². The monoisotopic (exact) mass is 255 g/mol. The van der Waals surface area contributed by atoms with Gasteiger partial charge in [0.05, 0.1) is 19.2 Å². The second-order valence-corrected chi connectivity index (χ2v) is 3.18. The first-order valence-corrected chi connectivity index (χ1v) is 4.76. The molecule has 1 aromatic rings. The number of hydrogen-bond donors (Lipinski definition) is 0. The van der Waals surface area contributed by atoms with E-state index < -0.39 is 12.2 Å². The van der Waals surface area contributed by atoms with Gasteiger partial charge in [0.1, 0.15) is 5.75 Å². The SMILES string of the molecule is COc1cnc(OC(F)(F)F)c(CCl)c1C. The van der Waals surface area contributed by atoms with Gasteiger partial charge in [-0.05, 0) is 6.92 Å². The number of alkyl halides is 4. The minimum absolute atomic E-state index is 0.137. The molecule has 0 spiro atoms. The van der Waals surface area contributed by atoms with E-state index in [9.17, 15) is 13.2 Å². The van der Waals surface area contributed by atoms with E-state index in [4.69, 9.17) is 16.3 Å². The van der Waals surface area contributed by atoms with E-state index >= 15 is 0 Å². The minimum Gasteiger partial charge on any atom is -0.495 e. The summed E-state index contributed by atoms with van der Waals surface area (Å²) >= 11 is 5.55. The summed E-state index contributed by atoms with van der Waals surface area (Å²) in [6.07, 6.45) is -3.62. The Kier molecular flexibility index (Phi) is 3.85. The van der Waals surface area contributed by atoms with E-state index in [1.54, 1.807) is 6.92 Å². The van der Waals surface area contributed by atoms with E-state index in [-0.39, 0.29) is 11.4 Å². The molecule has 0 aliphatic rings. The van der Waals surface area contributed by atoms with Crippen LogP contribution < -0.4 is 9.47 Å². The highest BCUT2D eigenvalue weighted by atomic mass is 35.5. The van der Waals surface area contributed by atoms with Gasteiger partial charge in [-0.1, -0.05) is 0 Å². The van der Waals surface area contributed by atoms with Crippen LogP contribution in [0.25, 0.3) is 0 Å². The van der Waals surface area contributed by atoms with Crippen molar-refractivity contribution in [2.75, 3.05) is 7.11 Å². The molecule has 0 saturated heterocycles. The molecule has 0 amide bonds. The van der Waals surface area contributed by atoms with Crippen LogP contribution in [0.3, 0.4) is 0 Å². The molecule has 0 N–H and O–H groups in total. The fourth-order valence-electron chi connectivity index (χ4n) is 1.16. The predicted octanol–water partition coefficient (Wildman–Crippen LogP) is 3.04. The quantitative estimate of drug-likeness (QED) is 0.778.